The van der Waals surface area contributed by atoms with E-state index in [9.17, 15) is 14.4 Å². The van der Waals surface area contributed by atoms with E-state index in [4.69, 9.17) is 5.73 Å². The van der Waals surface area contributed by atoms with Crippen molar-refractivity contribution in [3.8, 4) is 0 Å². The number of halogens is 1. The normalized spacial score (nSPS) is 18.1. The molecule has 0 aliphatic carbocycles. The number of hydrogen-bond acceptors (Lipinski definition) is 4. The second-order valence-electron chi connectivity index (χ2n) is 7.64. The Morgan fingerprint density at radius 1 is 1.07 bits per heavy atom. The van der Waals surface area contributed by atoms with Crippen molar-refractivity contribution in [3.05, 3.63) is 64.2 Å². The fourth-order valence-corrected chi connectivity index (χ4v) is 3.95. The van der Waals surface area contributed by atoms with Gasteiger partial charge in [-0.3, -0.25) is 14.4 Å². The number of fused-ring (bicyclic) bond motifs is 1. The van der Waals surface area contributed by atoms with Crippen molar-refractivity contribution in [3.63, 3.8) is 0 Å². The average molecular weight is 414 g/mol. The highest BCUT2D eigenvalue weighted by molar-refractivity contribution is 6.35. The lowest BCUT2D eigenvalue weighted by atomic mass is 10.0. The van der Waals surface area contributed by atoms with Crippen molar-refractivity contribution in [1.82, 2.24) is 4.90 Å². The van der Waals surface area contributed by atoms with Crippen molar-refractivity contribution in [1.29, 1.82) is 0 Å². The Bertz CT molecular complexity index is 1000. The lowest BCUT2D eigenvalue weighted by Crippen LogP contribution is -2.30. The number of benzene rings is 2. The summed E-state index contributed by atoms with van der Waals surface area (Å²) < 4.78 is 0. The summed E-state index contributed by atoms with van der Waals surface area (Å²) in [7, 11) is 0. The lowest BCUT2D eigenvalue weighted by molar-refractivity contribution is 0.0787. The number of imide groups is 1. The highest BCUT2D eigenvalue weighted by Gasteiger charge is 2.38. The molecule has 1 saturated heterocycles. The summed E-state index contributed by atoms with van der Waals surface area (Å²) in [5.74, 6) is -0.535. The van der Waals surface area contributed by atoms with Crippen LogP contribution in [-0.4, -0.2) is 42.3 Å². The molecule has 3 amide bonds. The molecule has 1 atom stereocenters. The fraction of sp³-hybridized carbons (Fsp3) is 0.318. The number of carbonyl (C=O) groups excluding carboxylic acids is 3. The molecule has 2 aliphatic rings. The Labute approximate surface area is 176 Å². The zero-order valence-corrected chi connectivity index (χ0v) is 17.3. The van der Waals surface area contributed by atoms with Crippen molar-refractivity contribution in [2.24, 2.45) is 11.7 Å². The summed E-state index contributed by atoms with van der Waals surface area (Å²) in [6, 6.07) is 10.4. The quantitative estimate of drug-likeness (QED) is 0.784. The van der Waals surface area contributed by atoms with Crippen LogP contribution in [0, 0.1) is 19.8 Å². The number of hydrogen-bond donors (Lipinski definition) is 1. The van der Waals surface area contributed by atoms with E-state index in [-0.39, 0.29) is 35.7 Å². The first-order chi connectivity index (χ1) is 13.4. The molecule has 0 radical (unpaired) electrons. The van der Waals surface area contributed by atoms with Crippen LogP contribution in [0.1, 0.15) is 48.6 Å². The molecular formula is C22H24ClN3O3. The van der Waals surface area contributed by atoms with E-state index in [1.807, 2.05) is 32.0 Å². The fourth-order valence-electron chi connectivity index (χ4n) is 3.95. The maximum atomic E-state index is 13.0. The van der Waals surface area contributed by atoms with Gasteiger partial charge in [-0.05, 0) is 68.1 Å². The van der Waals surface area contributed by atoms with E-state index in [1.165, 1.54) is 4.90 Å². The highest BCUT2D eigenvalue weighted by Crippen LogP contribution is 2.32. The number of nitrogens with zero attached hydrogens (tertiary/aromatic N) is 2. The maximum absolute atomic E-state index is 13.0. The molecule has 2 aliphatic heterocycles. The molecule has 2 N–H and O–H groups in total. The maximum Gasteiger partial charge on any atom is 0.266 e. The van der Waals surface area contributed by atoms with Gasteiger partial charge >= 0.3 is 0 Å². The topological polar surface area (TPSA) is 83.7 Å². The van der Waals surface area contributed by atoms with Crippen LogP contribution in [-0.2, 0) is 0 Å². The standard InChI is InChI=1S/C22H23N3O3.ClH/c1-13-3-4-14(2)19(9-13)25-21(27)17-6-5-16(10-18(17)22(25)28)20(26)24-8-7-15(11-23)12-24;/h3-6,9-10,15H,7-8,11-12,23H2,1-2H3;1H. The van der Waals surface area contributed by atoms with Gasteiger partial charge in [0, 0.05) is 18.7 Å². The van der Waals surface area contributed by atoms with Gasteiger partial charge < -0.3 is 10.6 Å². The molecule has 29 heavy (non-hydrogen) atoms. The first kappa shape index (κ1) is 21.0. The summed E-state index contributed by atoms with van der Waals surface area (Å²) in [6.07, 6.45) is 0.894. The summed E-state index contributed by atoms with van der Waals surface area (Å²) in [4.78, 5) is 41.7. The van der Waals surface area contributed by atoms with Gasteiger partial charge in [0.25, 0.3) is 17.7 Å². The number of likely N-dealkylation sites (tertiary alicyclic amines) is 1. The summed E-state index contributed by atoms with van der Waals surface area (Å²) in [5.41, 5.74) is 9.17. The van der Waals surface area contributed by atoms with Gasteiger partial charge in [-0.2, -0.15) is 0 Å². The molecule has 1 unspecified atom stereocenters. The number of carbonyl (C=O) groups is 3. The Morgan fingerprint density at radius 2 is 1.79 bits per heavy atom. The minimum absolute atomic E-state index is 0. The Balaban J connectivity index is 0.00000240. The molecule has 2 heterocycles. The van der Waals surface area contributed by atoms with Crippen LogP contribution in [0.4, 0.5) is 5.69 Å². The summed E-state index contributed by atoms with van der Waals surface area (Å²) in [6.45, 7) is 5.65. The van der Waals surface area contributed by atoms with Gasteiger partial charge in [-0.25, -0.2) is 4.90 Å². The number of nitrogens with two attached hydrogens (primary N) is 1. The minimum Gasteiger partial charge on any atom is -0.338 e. The van der Waals surface area contributed by atoms with Gasteiger partial charge in [-0.1, -0.05) is 12.1 Å². The Morgan fingerprint density at radius 3 is 2.48 bits per heavy atom. The van der Waals surface area contributed by atoms with E-state index in [2.05, 4.69) is 0 Å². The number of anilines is 1. The smallest absolute Gasteiger partial charge is 0.266 e. The second kappa shape index (κ2) is 7.97. The largest absolute Gasteiger partial charge is 0.338 e. The third kappa shape index (κ3) is 3.54. The van der Waals surface area contributed by atoms with Gasteiger partial charge in [0.1, 0.15) is 0 Å². The lowest BCUT2D eigenvalue weighted by Gasteiger charge is -2.17. The molecular weight excluding hydrogens is 390 g/mol. The van der Waals surface area contributed by atoms with Crippen LogP contribution in [0.15, 0.2) is 36.4 Å². The zero-order chi connectivity index (χ0) is 20.0. The first-order valence-electron chi connectivity index (χ1n) is 9.50. The van der Waals surface area contributed by atoms with E-state index in [1.54, 1.807) is 23.1 Å². The second-order valence-corrected chi connectivity index (χ2v) is 7.64. The Kier molecular flexibility index (Phi) is 5.78. The van der Waals surface area contributed by atoms with E-state index >= 15 is 0 Å². The average Bonchev–Trinajstić information content (AvgIpc) is 3.27. The van der Waals surface area contributed by atoms with Crippen LogP contribution < -0.4 is 10.6 Å². The van der Waals surface area contributed by atoms with E-state index in [0.29, 0.717) is 42.4 Å². The van der Waals surface area contributed by atoms with Crippen LogP contribution >= 0.6 is 12.4 Å². The van der Waals surface area contributed by atoms with Gasteiger partial charge in [0.15, 0.2) is 0 Å². The SMILES string of the molecule is Cc1ccc(C)c(N2C(=O)c3ccc(C(=O)N4CCC(CN)C4)cc3C2=O)c1.Cl. The van der Waals surface area contributed by atoms with Crippen LogP contribution in [0.3, 0.4) is 0 Å². The third-order valence-electron chi connectivity index (χ3n) is 5.65. The minimum atomic E-state index is -0.385. The molecule has 0 saturated carbocycles. The van der Waals surface area contributed by atoms with Gasteiger partial charge in [-0.15, -0.1) is 12.4 Å². The Hall–Kier alpha value is -2.70. The molecule has 0 bridgehead atoms. The zero-order valence-electron chi connectivity index (χ0n) is 16.5. The van der Waals surface area contributed by atoms with E-state index in [0.717, 1.165) is 17.5 Å². The van der Waals surface area contributed by atoms with Gasteiger partial charge in [0.05, 0.1) is 16.8 Å². The molecule has 2 aromatic carbocycles. The summed E-state index contributed by atoms with van der Waals surface area (Å²) in [5, 5.41) is 0. The molecule has 7 heteroatoms. The van der Waals surface area contributed by atoms with Crippen molar-refractivity contribution in [2.45, 2.75) is 20.3 Å². The number of amides is 3. The van der Waals surface area contributed by atoms with Crippen LogP contribution in [0.2, 0.25) is 0 Å². The number of rotatable bonds is 3. The molecule has 0 spiro atoms. The van der Waals surface area contributed by atoms with E-state index < -0.39 is 0 Å². The molecule has 4 rings (SSSR count). The molecule has 2 aromatic rings. The van der Waals surface area contributed by atoms with Crippen LogP contribution in [0.25, 0.3) is 0 Å². The molecule has 1 fully saturated rings. The van der Waals surface area contributed by atoms with Gasteiger partial charge in [0.2, 0.25) is 0 Å². The van der Waals surface area contributed by atoms with Crippen molar-refractivity contribution < 1.29 is 14.4 Å². The third-order valence-corrected chi connectivity index (χ3v) is 5.65. The van der Waals surface area contributed by atoms with Crippen molar-refractivity contribution >= 4 is 35.8 Å². The predicted octanol–water partition coefficient (Wildman–Crippen LogP) is 2.95. The monoisotopic (exact) mass is 413 g/mol. The van der Waals surface area contributed by atoms with Crippen molar-refractivity contribution in [2.75, 3.05) is 24.5 Å². The van der Waals surface area contributed by atoms with Crippen LogP contribution in [0.5, 0.6) is 0 Å². The highest BCUT2D eigenvalue weighted by atomic mass is 35.5. The molecule has 152 valence electrons. The summed E-state index contributed by atoms with van der Waals surface area (Å²) >= 11 is 0. The predicted molar refractivity (Wildman–Crippen MR) is 114 cm³/mol. The molecule has 0 aromatic heterocycles. The first-order valence-corrected chi connectivity index (χ1v) is 9.50. The molecule has 6 nitrogen and oxygen atoms in total. The number of aryl methyl sites for hydroxylation is 2.